The van der Waals surface area contributed by atoms with E-state index < -0.39 is 0 Å². The maximum atomic E-state index is 0. The van der Waals surface area contributed by atoms with Crippen molar-refractivity contribution in [2.24, 2.45) is 0 Å². The summed E-state index contributed by atoms with van der Waals surface area (Å²) in [4.78, 5) is 0. The van der Waals surface area contributed by atoms with Crippen LogP contribution in [0, 0.1) is 0 Å². The molecule has 0 heterocycles. The van der Waals surface area contributed by atoms with Crippen molar-refractivity contribution in [1.82, 2.24) is 0 Å². The average molecular weight is 474 g/mol. The molecule has 0 amide bonds. The molecule has 6 N–H and O–H groups in total. The van der Waals surface area contributed by atoms with Gasteiger partial charge in [0.1, 0.15) is 0 Å². The van der Waals surface area contributed by atoms with E-state index in [1.807, 2.05) is 0 Å². The summed E-state index contributed by atoms with van der Waals surface area (Å²) in [6.07, 6.45) is 0. The van der Waals surface area contributed by atoms with Gasteiger partial charge in [-0.1, -0.05) is 0 Å². The van der Waals surface area contributed by atoms with E-state index >= 15 is 0 Å². The second kappa shape index (κ2) is 54.6. The summed E-state index contributed by atoms with van der Waals surface area (Å²) in [5.74, 6) is 0. The molecular formula is H12In2O3W. The molecule has 0 saturated carbocycles. The summed E-state index contributed by atoms with van der Waals surface area (Å²) in [6.45, 7) is 0. The monoisotopic (exact) mass is 474 g/mol. The SMILES string of the molecule is O.O.O.[InH3].[InH3].[W]. The minimum Gasteiger partial charge on any atom is 0 e. The van der Waals surface area contributed by atoms with Crippen LogP contribution in [0.5, 0.6) is 0 Å². The summed E-state index contributed by atoms with van der Waals surface area (Å²) in [5.41, 5.74) is 0. The minimum atomic E-state index is 0. The summed E-state index contributed by atoms with van der Waals surface area (Å²) in [7, 11) is 0. The van der Waals surface area contributed by atoms with Gasteiger partial charge in [0.25, 0.3) is 0 Å². The van der Waals surface area contributed by atoms with Crippen molar-refractivity contribution in [2.45, 2.75) is 0 Å². The third kappa shape index (κ3) is 33.4. The van der Waals surface area contributed by atoms with E-state index in [0.29, 0.717) is 0 Å². The molecule has 0 aromatic rings. The van der Waals surface area contributed by atoms with Crippen LogP contribution in [0.25, 0.3) is 0 Å². The van der Waals surface area contributed by atoms with Gasteiger partial charge in [0.2, 0.25) is 0 Å². The normalized spacial score (nSPS) is 0. The predicted octanol–water partition coefficient (Wildman–Crippen LogP) is -4.84. The smallest absolute Gasteiger partial charge is 0 e. The molecule has 0 atom stereocenters. The van der Waals surface area contributed by atoms with Crippen LogP contribution >= 0.6 is 0 Å². The maximum Gasteiger partial charge on any atom is 0 e. The molecule has 0 aromatic carbocycles. The molecule has 6 heteroatoms. The fraction of sp³-hybridized carbons (Fsp3) is 0. The predicted molar refractivity (Wildman–Crippen MR) is 30.7 cm³/mol. The van der Waals surface area contributed by atoms with Crippen LogP contribution in [-0.4, -0.2) is 68.1 Å². The van der Waals surface area contributed by atoms with Crippen LogP contribution in [0.2, 0.25) is 0 Å². The number of hydrogen-bond donors (Lipinski definition) is 0. The van der Waals surface area contributed by atoms with Crippen molar-refractivity contribution in [3.05, 3.63) is 0 Å². The van der Waals surface area contributed by atoms with Gasteiger partial charge in [-0.25, -0.2) is 0 Å². The first-order chi connectivity index (χ1) is 0. The zero-order chi connectivity index (χ0) is 0. The standard InChI is InChI=1S/2In.3H2O.W.6H/h;;3*1H2;;;;;;;. The molecule has 0 aliphatic heterocycles. The third-order valence-corrected chi connectivity index (χ3v) is 0. The van der Waals surface area contributed by atoms with E-state index in [9.17, 15) is 0 Å². The Kier molecular flexibility index (Phi) is 757. The van der Waals surface area contributed by atoms with Crippen LogP contribution in [0.1, 0.15) is 0 Å². The van der Waals surface area contributed by atoms with Crippen molar-refractivity contribution in [2.75, 3.05) is 0 Å². The molecule has 0 spiro atoms. The first-order valence-corrected chi connectivity index (χ1v) is 0. The fourth-order valence-electron chi connectivity index (χ4n) is 0. The van der Waals surface area contributed by atoms with E-state index in [1.165, 1.54) is 0 Å². The molecule has 0 unspecified atom stereocenters. The molecule has 0 saturated heterocycles. The summed E-state index contributed by atoms with van der Waals surface area (Å²) in [5, 5.41) is 0. The molecule has 0 aliphatic rings. The van der Waals surface area contributed by atoms with Gasteiger partial charge in [-0.05, 0) is 0 Å². The minimum absolute atomic E-state index is 0. The Morgan fingerprint density at radius 2 is 0.500 bits per heavy atom. The van der Waals surface area contributed by atoms with E-state index in [0.717, 1.165) is 0 Å². The first-order valence-electron chi connectivity index (χ1n) is 0. The maximum absolute atomic E-state index is 0. The Hall–Kier alpha value is 2.31. The van der Waals surface area contributed by atoms with Crippen LogP contribution in [0.3, 0.4) is 0 Å². The molecular weight excluding hydrogens is 461 g/mol. The largest absolute Gasteiger partial charge is 0 e. The quantitative estimate of drug-likeness (QED) is 0.338. The molecule has 42 valence electrons. The second-order valence-corrected chi connectivity index (χ2v) is 0. The van der Waals surface area contributed by atoms with Gasteiger partial charge in [0.05, 0.1) is 0 Å². The number of rotatable bonds is 0. The molecule has 0 rings (SSSR count). The van der Waals surface area contributed by atoms with Gasteiger partial charge < -0.3 is 16.4 Å². The van der Waals surface area contributed by atoms with E-state index in [2.05, 4.69) is 0 Å². The van der Waals surface area contributed by atoms with Crippen molar-refractivity contribution >= 4 is 51.7 Å². The van der Waals surface area contributed by atoms with E-state index in [-0.39, 0.29) is 89.2 Å². The zero-order valence-electron chi connectivity index (χ0n) is 1.91. The number of hydrogen-bond acceptors (Lipinski definition) is 0. The zero-order valence-corrected chi connectivity index (χ0v) is 4.84. The Labute approximate surface area is 88.0 Å². The van der Waals surface area contributed by atoms with E-state index in [1.54, 1.807) is 0 Å². The van der Waals surface area contributed by atoms with Crippen LogP contribution in [0.15, 0.2) is 0 Å². The Morgan fingerprint density at radius 1 is 0.500 bits per heavy atom. The molecule has 6 heavy (non-hydrogen) atoms. The fourth-order valence-corrected chi connectivity index (χ4v) is 0. The molecule has 0 aromatic heterocycles. The molecule has 0 radical (unpaired) electrons. The van der Waals surface area contributed by atoms with Gasteiger partial charge in [0.15, 0.2) is 0 Å². The summed E-state index contributed by atoms with van der Waals surface area (Å²) < 4.78 is 0. The molecule has 0 bridgehead atoms. The second-order valence-electron chi connectivity index (χ2n) is 0. The van der Waals surface area contributed by atoms with Crippen molar-refractivity contribution in [1.29, 1.82) is 0 Å². The van der Waals surface area contributed by atoms with Gasteiger partial charge in [-0.15, -0.1) is 0 Å². The Balaban J connectivity index is 0. The Morgan fingerprint density at radius 3 is 0.500 bits per heavy atom. The van der Waals surface area contributed by atoms with Gasteiger partial charge in [-0.3, -0.25) is 0 Å². The van der Waals surface area contributed by atoms with Crippen LogP contribution in [0.4, 0.5) is 0 Å². The third-order valence-electron chi connectivity index (χ3n) is 0. The van der Waals surface area contributed by atoms with Crippen molar-refractivity contribution in [3.8, 4) is 0 Å². The molecule has 0 aliphatic carbocycles. The Bertz CT molecular complexity index is 8.75. The topological polar surface area (TPSA) is 94.5 Å². The van der Waals surface area contributed by atoms with Gasteiger partial charge >= 0.3 is 51.7 Å². The molecule has 3 nitrogen and oxygen atoms in total. The summed E-state index contributed by atoms with van der Waals surface area (Å²) >= 11 is 0. The summed E-state index contributed by atoms with van der Waals surface area (Å²) in [6, 6.07) is 0. The first kappa shape index (κ1) is 83.3. The average Bonchev–Trinajstić information content (AvgIpc) is 0. The van der Waals surface area contributed by atoms with Crippen molar-refractivity contribution < 1.29 is 37.5 Å². The van der Waals surface area contributed by atoms with Gasteiger partial charge in [0, 0.05) is 21.1 Å². The van der Waals surface area contributed by atoms with Crippen LogP contribution in [-0.2, 0) is 21.1 Å². The molecule has 0 fully saturated rings. The van der Waals surface area contributed by atoms with Crippen molar-refractivity contribution in [3.63, 3.8) is 0 Å². The van der Waals surface area contributed by atoms with E-state index in [4.69, 9.17) is 0 Å². The van der Waals surface area contributed by atoms with Crippen LogP contribution < -0.4 is 0 Å². The van der Waals surface area contributed by atoms with Gasteiger partial charge in [-0.2, -0.15) is 0 Å².